The summed E-state index contributed by atoms with van der Waals surface area (Å²) in [7, 11) is -2.31. The lowest BCUT2D eigenvalue weighted by Gasteiger charge is -2.08. The largest absolute Gasteiger partial charge is 0.496 e. The molecule has 0 aliphatic rings. The average Bonchev–Trinajstić information content (AvgIpc) is 2.20. The monoisotopic (exact) mass is 225 g/mol. The third-order valence-corrected chi connectivity index (χ3v) is 3.36. The number of hydrogen-bond acceptors (Lipinski definition) is 4. The highest BCUT2D eigenvalue weighted by Gasteiger charge is 2.17. The molecule has 15 heavy (non-hydrogen) atoms. The average molecular weight is 225 g/mol. The topological polar surface area (TPSA) is 67.2 Å². The zero-order valence-electron chi connectivity index (χ0n) is 8.73. The molecule has 1 rings (SSSR count). The number of benzene rings is 1. The molecular weight excluding hydrogens is 214 g/mol. The minimum Gasteiger partial charge on any atom is -0.496 e. The summed E-state index contributed by atoms with van der Waals surface area (Å²) in [4.78, 5) is 0.0447. The first-order chi connectivity index (χ1) is 6.92. The summed E-state index contributed by atoms with van der Waals surface area (Å²) in [6.07, 6.45) is 0. The molecule has 0 aliphatic carbocycles. The van der Waals surface area contributed by atoms with Gasteiger partial charge in [-0.1, -0.05) is 0 Å². The van der Waals surface area contributed by atoms with Crippen molar-refractivity contribution in [1.82, 2.24) is 0 Å². The van der Waals surface area contributed by atoms with Crippen LogP contribution < -0.4 is 4.74 Å². The number of hydrogen-bond donors (Lipinski definition) is 0. The van der Waals surface area contributed by atoms with Gasteiger partial charge < -0.3 is 4.74 Å². The lowest BCUT2D eigenvalue weighted by atomic mass is 10.1. The molecule has 80 valence electrons. The standard InChI is InChI=1S/C10H11NO3S/c1-7-5-10(15(12,13)6-11)8(2)4-9(7)14-3/h4-5H,1-3H3. The fourth-order valence-electron chi connectivity index (χ4n) is 1.32. The molecule has 0 bridgehead atoms. The Morgan fingerprint density at radius 3 is 2.33 bits per heavy atom. The molecular formula is C10H11NO3S. The Balaban J connectivity index is 3.50. The van der Waals surface area contributed by atoms with Gasteiger partial charge in [-0.05, 0) is 37.1 Å². The van der Waals surface area contributed by atoms with Crippen molar-refractivity contribution in [2.75, 3.05) is 7.11 Å². The Kier molecular flexibility index (Phi) is 3.01. The van der Waals surface area contributed by atoms with Crippen LogP contribution in [0.4, 0.5) is 0 Å². The van der Waals surface area contributed by atoms with E-state index in [0.29, 0.717) is 16.9 Å². The third kappa shape index (κ3) is 2.10. The smallest absolute Gasteiger partial charge is 0.270 e. The highest BCUT2D eigenvalue weighted by molar-refractivity contribution is 7.96. The van der Waals surface area contributed by atoms with Gasteiger partial charge in [0.2, 0.25) is 0 Å². The van der Waals surface area contributed by atoms with Crippen LogP contribution in [0.5, 0.6) is 5.75 Å². The van der Waals surface area contributed by atoms with Crippen LogP contribution in [-0.2, 0) is 9.84 Å². The van der Waals surface area contributed by atoms with Gasteiger partial charge >= 0.3 is 0 Å². The van der Waals surface area contributed by atoms with E-state index in [2.05, 4.69) is 0 Å². The predicted molar refractivity (Wildman–Crippen MR) is 55.3 cm³/mol. The molecule has 0 heterocycles. The first-order valence-electron chi connectivity index (χ1n) is 4.23. The van der Waals surface area contributed by atoms with Crippen molar-refractivity contribution in [3.8, 4) is 11.2 Å². The second-order valence-electron chi connectivity index (χ2n) is 3.18. The van der Waals surface area contributed by atoms with Crippen molar-refractivity contribution in [3.05, 3.63) is 23.3 Å². The fourth-order valence-corrected chi connectivity index (χ4v) is 2.23. The molecule has 0 aliphatic heterocycles. The summed E-state index contributed by atoms with van der Waals surface area (Å²) in [6, 6.07) is 3.06. The van der Waals surface area contributed by atoms with E-state index in [4.69, 9.17) is 10.00 Å². The number of rotatable bonds is 2. The lowest BCUT2D eigenvalue weighted by Crippen LogP contribution is -2.01. The lowest BCUT2D eigenvalue weighted by molar-refractivity contribution is 0.411. The highest BCUT2D eigenvalue weighted by Crippen LogP contribution is 2.25. The molecule has 0 atom stereocenters. The van der Waals surface area contributed by atoms with Gasteiger partial charge in [0.05, 0.1) is 12.0 Å². The van der Waals surface area contributed by atoms with E-state index in [1.54, 1.807) is 19.9 Å². The summed E-state index contributed by atoms with van der Waals surface area (Å²) >= 11 is 0. The van der Waals surface area contributed by atoms with Gasteiger partial charge in [0.25, 0.3) is 9.84 Å². The Morgan fingerprint density at radius 1 is 1.27 bits per heavy atom. The van der Waals surface area contributed by atoms with Crippen molar-refractivity contribution in [3.63, 3.8) is 0 Å². The number of nitriles is 1. The van der Waals surface area contributed by atoms with Crippen LogP contribution in [0.15, 0.2) is 17.0 Å². The molecule has 0 aromatic heterocycles. The maximum Gasteiger partial charge on any atom is 0.270 e. The van der Waals surface area contributed by atoms with Crippen LogP contribution >= 0.6 is 0 Å². The minimum atomic E-state index is -3.83. The fraction of sp³-hybridized carbons (Fsp3) is 0.300. The van der Waals surface area contributed by atoms with Crippen LogP contribution in [-0.4, -0.2) is 15.5 Å². The summed E-state index contributed by atoms with van der Waals surface area (Å²) in [6.45, 7) is 3.36. The van der Waals surface area contributed by atoms with Crippen LogP contribution in [0.2, 0.25) is 0 Å². The van der Waals surface area contributed by atoms with Crippen molar-refractivity contribution >= 4 is 9.84 Å². The molecule has 0 unspecified atom stereocenters. The number of aryl methyl sites for hydroxylation is 2. The molecule has 0 N–H and O–H groups in total. The molecule has 0 saturated heterocycles. The van der Waals surface area contributed by atoms with Crippen LogP contribution in [0.3, 0.4) is 0 Å². The highest BCUT2D eigenvalue weighted by atomic mass is 32.2. The number of thiocyanates is 1. The van der Waals surface area contributed by atoms with E-state index < -0.39 is 9.84 Å². The number of ether oxygens (including phenoxy) is 1. The molecule has 1 aromatic rings. The molecule has 1 aromatic carbocycles. The molecule has 0 saturated carbocycles. The van der Waals surface area contributed by atoms with Crippen LogP contribution in [0.1, 0.15) is 11.1 Å². The summed E-state index contributed by atoms with van der Waals surface area (Å²) in [5, 5.41) is 9.81. The van der Waals surface area contributed by atoms with Gasteiger partial charge in [-0.3, -0.25) is 0 Å². The van der Waals surface area contributed by atoms with Gasteiger partial charge in [-0.2, -0.15) is 5.26 Å². The minimum absolute atomic E-state index is 0.0447. The van der Waals surface area contributed by atoms with Gasteiger partial charge in [0.15, 0.2) is 5.40 Å². The van der Waals surface area contributed by atoms with Crippen molar-refractivity contribution in [1.29, 1.82) is 5.26 Å². The summed E-state index contributed by atoms with van der Waals surface area (Å²) < 4.78 is 27.8. The Morgan fingerprint density at radius 2 is 1.87 bits per heavy atom. The predicted octanol–water partition coefficient (Wildman–Crippen LogP) is 1.57. The van der Waals surface area contributed by atoms with Crippen molar-refractivity contribution in [2.24, 2.45) is 0 Å². The number of nitrogens with zero attached hydrogens (tertiary/aromatic N) is 1. The Labute approximate surface area is 89.0 Å². The van der Waals surface area contributed by atoms with Crippen LogP contribution in [0.25, 0.3) is 0 Å². The van der Waals surface area contributed by atoms with Gasteiger partial charge in [0.1, 0.15) is 5.75 Å². The molecule has 4 nitrogen and oxygen atoms in total. The molecule has 0 fully saturated rings. The second kappa shape index (κ2) is 3.91. The molecule has 0 spiro atoms. The number of sulfone groups is 1. The Hall–Kier alpha value is -1.54. The van der Waals surface area contributed by atoms with Crippen LogP contribution in [0, 0.1) is 24.5 Å². The Bertz CT molecular complexity index is 526. The van der Waals surface area contributed by atoms with E-state index in [-0.39, 0.29) is 4.90 Å². The first kappa shape index (κ1) is 11.5. The quantitative estimate of drug-likeness (QED) is 0.566. The zero-order valence-corrected chi connectivity index (χ0v) is 9.55. The maximum absolute atomic E-state index is 11.4. The molecule has 0 amide bonds. The maximum atomic E-state index is 11.4. The summed E-state index contributed by atoms with van der Waals surface area (Å²) in [5.74, 6) is 0.615. The van der Waals surface area contributed by atoms with Crippen molar-refractivity contribution in [2.45, 2.75) is 18.7 Å². The van der Waals surface area contributed by atoms with E-state index in [1.807, 2.05) is 0 Å². The number of methoxy groups -OCH3 is 1. The molecule has 5 heteroatoms. The van der Waals surface area contributed by atoms with E-state index in [9.17, 15) is 8.42 Å². The SMILES string of the molecule is COc1cc(C)c(S(=O)(=O)C#N)cc1C. The van der Waals surface area contributed by atoms with Gasteiger partial charge in [-0.25, -0.2) is 8.42 Å². The van der Waals surface area contributed by atoms with Crippen molar-refractivity contribution < 1.29 is 13.2 Å². The third-order valence-electron chi connectivity index (χ3n) is 2.10. The van der Waals surface area contributed by atoms with E-state index >= 15 is 0 Å². The van der Waals surface area contributed by atoms with Gasteiger partial charge in [-0.15, -0.1) is 0 Å². The molecule has 0 radical (unpaired) electrons. The summed E-state index contributed by atoms with van der Waals surface area (Å²) in [5.41, 5.74) is 1.20. The second-order valence-corrected chi connectivity index (χ2v) is 4.81. The normalized spacial score (nSPS) is 10.8. The van der Waals surface area contributed by atoms with E-state index in [1.165, 1.54) is 18.6 Å². The van der Waals surface area contributed by atoms with Gasteiger partial charge in [0, 0.05) is 0 Å². The van der Waals surface area contributed by atoms with E-state index in [0.717, 1.165) is 0 Å². The first-order valence-corrected chi connectivity index (χ1v) is 5.72. The zero-order chi connectivity index (χ0) is 11.6.